The third-order valence-corrected chi connectivity index (χ3v) is 14.1. The summed E-state index contributed by atoms with van der Waals surface area (Å²) in [5.41, 5.74) is 1.96. The van der Waals surface area contributed by atoms with E-state index in [9.17, 15) is 38.4 Å². The number of aromatic amines is 1. The van der Waals surface area contributed by atoms with Crippen molar-refractivity contribution in [2.75, 3.05) is 27.2 Å². The average Bonchev–Trinajstić information content (AvgIpc) is 4.22. The maximum absolute atomic E-state index is 14.7. The number of hydrogen-bond donors (Lipinski definition) is 9. The molecule has 0 saturated carbocycles. The van der Waals surface area contributed by atoms with Crippen LogP contribution in [-0.2, 0) is 28.8 Å². The van der Waals surface area contributed by atoms with Gasteiger partial charge in [-0.25, -0.2) is 0 Å². The van der Waals surface area contributed by atoms with Crippen molar-refractivity contribution in [3.63, 3.8) is 0 Å². The highest BCUT2D eigenvalue weighted by Gasteiger charge is 2.46. The number of amides is 8. The van der Waals surface area contributed by atoms with E-state index in [0.29, 0.717) is 12.0 Å². The molecule has 0 bridgehead atoms. The molecule has 3 heterocycles. The Balaban J connectivity index is 1.07. The molecule has 20 nitrogen and oxygen atoms in total. The molecule has 3 aliphatic rings. The van der Waals surface area contributed by atoms with E-state index >= 15 is 0 Å². The normalized spacial score (nSPS) is 21.4. The number of rotatable bonds is 20. The van der Waals surface area contributed by atoms with E-state index in [0.717, 1.165) is 11.1 Å². The van der Waals surface area contributed by atoms with Crippen LogP contribution in [0.2, 0.25) is 0 Å². The van der Waals surface area contributed by atoms with Crippen LogP contribution in [0.25, 0.3) is 0 Å². The fourth-order valence-corrected chi connectivity index (χ4v) is 9.50. The first kappa shape index (κ1) is 54.8. The predicted molar refractivity (Wildman–Crippen MR) is 280 cm³/mol. The van der Waals surface area contributed by atoms with E-state index in [4.69, 9.17) is 0 Å². The number of carbonyl (C=O) groups is 8. The second-order valence-corrected chi connectivity index (χ2v) is 19.3. The van der Waals surface area contributed by atoms with Crippen molar-refractivity contribution in [1.29, 1.82) is 0 Å². The average molecular weight is 1030 g/mol. The van der Waals surface area contributed by atoms with Gasteiger partial charge in [0.25, 0.3) is 17.7 Å². The molecule has 1 unspecified atom stereocenters. The SMILES string of the molecule is CN[C@@H](C)C(=O)N[C@H](C(=O)N1C[C@@H](NC(=O)c2cc(C(=O)N[C@H]3C[C@@H](C(=O)N[C@H](C)c4ccccc4)N(C(=O)[C@@H](NC(=O)[C@H](C)NC)C4C=CC=CC4)C3)n[nH]2)C[C@H]1C(=O)N[C@H](C)c1ccccc1)c1ccccc1. The Hall–Kier alpha value is -7.97. The molecule has 20 heteroatoms. The molecule has 8 amide bonds. The number of benzene rings is 3. The smallest absolute Gasteiger partial charge is 0.272 e. The highest BCUT2D eigenvalue weighted by Crippen LogP contribution is 2.28. The summed E-state index contributed by atoms with van der Waals surface area (Å²) < 4.78 is 0. The summed E-state index contributed by atoms with van der Waals surface area (Å²) in [6.07, 6.45) is 7.95. The van der Waals surface area contributed by atoms with Gasteiger partial charge in [-0.2, -0.15) is 5.10 Å². The molecule has 1 aliphatic carbocycles. The van der Waals surface area contributed by atoms with Crippen LogP contribution in [0.5, 0.6) is 0 Å². The van der Waals surface area contributed by atoms with Gasteiger partial charge in [0.15, 0.2) is 5.69 Å². The quantitative estimate of drug-likeness (QED) is 0.0620. The van der Waals surface area contributed by atoms with Crippen LogP contribution in [-0.4, -0.2) is 137 Å². The molecule has 2 fully saturated rings. The van der Waals surface area contributed by atoms with Crippen LogP contribution in [0.4, 0.5) is 0 Å². The molecule has 1 aromatic heterocycles. The van der Waals surface area contributed by atoms with Crippen LogP contribution >= 0.6 is 0 Å². The summed E-state index contributed by atoms with van der Waals surface area (Å²) in [6, 6.07) is 20.8. The maximum Gasteiger partial charge on any atom is 0.272 e. The minimum atomic E-state index is -1.16. The molecule has 2 saturated heterocycles. The predicted octanol–water partition coefficient (Wildman–Crippen LogP) is 2.25. The summed E-state index contributed by atoms with van der Waals surface area (Å²) in [4.78, 5) is 115. The minimum absolute atomic E-state index is 0.0250. The number of H-pyrrole nitrogens is 1. The molecule has 396 valence electrons. The highest BCUT2D eigenvalue weighted by molar-refractivity contribution is 5.99. The third kappa shape index (κ3) is 13.6. The lowest BCUT2D eigenvalue weighted by Crippen LogP contribution is -2.58. The monoisotopic (exact) mass is 1020 g/mol. The third-order valence-electron chi connectivity index (χ3n) is 14.1. The summed E-state index contributed by atoms with van der Waals surface area (Å²) >= 11 is 0. The lowest BCUT2D eigenvalue weighted by molar-refractivity contribution is -0.142. The number of carbonyl (C=O) groups excluding carboxylic acids is 8. The van der Waals surface area contributed by atoms with Crippen LogP contribution < -0.4 is 42.5 Å². The molecule has 4 aromatic rings. The van der Waals surface area contributed by atoms with Gasteiger partial charge in [0.1, 0.15) is 29.9 Å². The molecule has 3 aromatic carbocycles. The fourth-order valence-electron chi connectivity index (χ4n) is 9.50. The van der Waals surface area contributed by atoms with E-state index in [1.54, 1.807) is 58.3 Å². The Morgan fingerprint density at radius 1 is 0.587 bits per heavy atom. The standard InChI is InChI=1S/C55H68N12O8/c1-32(36-19-11-7-12-20-36)58-52(72)44-27-40(30-66(44)54(74)46(38-23-15-9-16-24-38)62-48(68)34(3)56-5)60-50(70)42-29-43(65-64-42)51(71)61-41-28-45(53(73)59-33(2)37-21-13-8-14-22-37)67(31-41)55(75)47(39-25-17-10-18-26-39)63-49(69)35(4)57-6/h7-25,29,32-35,39-41,44-47,56-57H,26-28,30-31H2,1-6H3,(H,58,72)(H,59,73)(H,60,70)(H,61,71)(H,62,68)(H,63,69)(H,64,65)/t32-,33-,34+,35+,39?,40+,41+,44+,45+,46+,47+/m1/s1. The minimum Gasteiger partial charge on any atom is -0.348 e. The largest absolute Gasteiger partial charge is 0.348 e. The summed E-state index contributed by atoms with van der Waals surface area (Å²) in [6.45, 7) is 6.84. The first-order valence-electron chi connectivity index (χ1n) is 25.4. The zero-order chi connectivity index (χ0) is 53.8. The number of aromatic nitrogens is 2. The Kier molecular flexibility index (Phi) is 18.5. The number of hydrogen-bond acceptors (Lipinski definition) is 11. The van der Waals surface area contributed by atoms with Gasteiger partial charge in [0.05, 0.1) is 24.2 Å². The molecule has 2 aliphatic heterocycles. The molecular weight excluding hydrogens is 957 g/mol. The van der Waals surface area contributed by atoms with Crippen LogP contribution in [0.1, 0.15) is 103 Å². The molecule has 75 heavy (non-hydrogen) atoms. The summed E-state index contributed by atoms with van der Waals surface area (Å²) in [7, 11) is 3.26. The lowest BCUT2D eigenvalue weighted by atomic mass is 9.91. The van der Waals surface area contributed by atoms with Gasteiger partial charge >= 0.3 is 0 Å². The van der Waals surface area contributed by atoms with E-state index in [1.807, 2.05) is 98.8 Å². The number of allylic oxidation sites excluding steroid dienone is 3. The topological polar surface area (TPSA) is 268 Å². The molecule has 11 atom stereocenters. The van der Waals surface area contributed by atoms with Crippen LogP contribution in [0.3, 0.4) is 0 Å². The van der Waals surface area contributed by atoms with E-state index in [2.05, 4.69) is 52.7 Å². The van der Waals surface area contributed by atoms with Gasteiger partial charge in [-0.05, 0) is 77.7 Å². The van der Waals surface area contributed by atoms with Crippen molar-refractivity contribution >= 4 is 47.3 Å². The Bertz CT molecular complexity index is 2740. The van der Waals surface area contributed by atoms with Gasteiger partial charge in [-0.1, -0.05) is 115 Å². The maximum atomic E-state index is 14.7. The highest BCUT2D eigenvalue weighted by atomic mass is 16.2. The van der Waals surface area contributed by atoms with Crippen molar-refractivity contribution < 1.29 is 38.4 Å². The molecule has 7 rings (SSSR count). The van der Waals surface area contributed by atoms with Crippen LogP contribution in [0.15, 0.2) is 121 Å². The second kappa shape index (κ2) is 25.3. The molecule has 0 radical (unpaired) electrons. The lowest BCUT2D eigenvalue weighted by Gasteiger charge is -2.33. The first-order valence-corrected chi connectivity index (χ1v) is 25.4. The Morgan fingerprint density at radius 3 is 1.56 bits per heavy atom. The van der Waals surface area contributed by atoms with E-state index in [-0.39, 0.29) is 37.3 Å². The zero-order valence-corrected chi connectivity index (χ0v) is 43.0. The van der Waals surface area contributed by atoms with Crippen molar-refractivity contribution in [3.05, 3.63) is 149 Å². The van der Waals surface area contributed by atoms with Crippen molar-refractivity contribution in [2.45, 2.75) is 107 Å². The number of nitrogens with one attached hydrogen (secondary N) is 9. The number of likely N-dealkylation sites (N-methyl/N-ethyl adjacent to an activating group) is 2. The van der Waals surface area contributed by atoms with E-state index in [1.165, 1.54) is 15.9 Å². The van der Waals surface area contributed by atoms with Gasteiger partial charge in [0.2, 0.25) is 29.5 Å². The number of likely N-dealkylation sites (tertiary alicyclic amines) is 2. The summed E-state index contributed by atoms with van der Waals surface area (Å²) in [5.74, 6) is -4.51. The van der Waals surface area contributed by atoms with Gasteiger partial charge in [-0.3, -0.25) is 43.5 Å². The second-order valence-electron chi connectivity index (χ2n) is 19.3. The molecular formula is C55H68N12O8. The van der Waals surface area contributed by atoms with Crippen molar-refractivity contribution in [3.8, 4) is 0 Å². The van der Waals surface area contributed by atoms with Gasteiger partial charge in [0, 0.05) is 37.2 Å². The Morgan fingerprint density at radius 2 is 1.07 bits per heavy atom. The first-order chi connectivity index (χ1) is 36.1. The van der Waals surface area contributed by atoms with Crippen molar-refractivity contribution in [1.82, 2.24) is 62.5 Å². The van der Waals surface area contributed by atoms with Gasteiger partial charge < -0.3 is 52.3 Å². The number of nitrogens with zero attached hydrogens (tertiary/aromatic N) is 3. The fraction of sp³-hybridized carbons (Fsp3) is 0.400. The molecule has 0 spiro atoms. The van der Waals surface area contributed by atoms with Crippen LogP contribution in [0, 0.1) is 5.92 Å². The molecule has 9 N–H and O–H groups in total. The Labute approximate surface area is 436 Å². The van der Waals surface area contributed by atoms with E-state index < -0.39 is 114 Å². The summed E-state index contributed by atoms with van der Waals surface area (Å²) in [5, 5.41) is 30.1. The van der Waals surface area contributed by atoms with Crippen molar-refractivity contribution in [2.24, 2.45) is 5.92 Å². The zero-order valence-electron chi connectivity index (χ0n) is 43.0. The van der Waals surface area contributed by atoms with Gasteiger partial charge in [-0.15, -0.1) is 0 Å².